The van der Waals surface area contributed by atoms with E-state index in [1.807, 2.05) is 19.1 Å². The number of aromatic nitrogens is 1. The molecule has 1 aromatic carbocycles. The zero-order valence-corrected chi connectivity index (χ0v) is 13.4. The molecule has 3 nitrogen and oxygen atoms in total. The highest BCUT2D eigenvalue weighted by Gasteiger charge is 2.19. The molecule has 0 amide bonds. The molecular weight excluding hydrogens is 314 g/mol. The van der Waals surface area contributed by atoms with Gasteiger partial charge in [-0.25, -0.2) is 4.98 Å². The third-order valence-electron chi connectivity index (χ3n) is 3.21. The van der Waals surface area contributed by atoms with E-state index in [1.54, 1.807) is 6.20 Å². The summed E-state index contributed by atoms with van der Waals surface area (Å²) in [5, 5.41) is 3.56. The number of hydrogen-bond donors (Lipinski definition) is 2. The van der Waals surface area contributed by atoms with Crippen LogP contribution in [0.2, 0.25) is 0 Å². The number of nitrogens with one attached hydrogen (secondary N) is 1. The predicted molar refractivity (Wildman–Crippen MR) is 87.7 cm³/mol. The summed E-state index contributed by atoms with van der Waals surface area (Å²) in [6.45, 7) is 5.12. The number of nitrogens with zero attached hydrogens (tertiary/aromatic N) is 1. The van der Waals surface area contributed by atoms with E-state index in [-0.39, 0.29) is 6.04 Å². The second-order valence-electron chi connectivity index (χ2n) is 4.90. The van der Waals surface area contributed by atoms with Crippen molar-refractivity contribution >= 4 is 21.7 Å². The number of benzene rings is 1. The molecule has 0 radical (unpaired) electrons. The number of pyridine rings is 1. The predicted octanol–water partition coefficient (Wildman–Crippen LogP) is 3.82. The highest BCUT2D eigenvalue weighted by atomic mass is 79.9. The Morgan fingerprint density at radius 1 is 1.30 bits per heavy atom. The average Bonchev–Trinajstić information content (AvgIpc) is 2.44. The summed E-state index contributed by atoms with van der Waals surface area (Å²) in [6, 6.07) is 10.4. The van der Waals surface area contributed by atoms with Crippen LogP contribution >= 0.6 is 15.9 Å². The molecule has 0 aliphatic heterocycles. The fourth-order valence-corrected chi connectivity index (χ4v) is 2.73. The van der Waals surface area contributed by atoms with Crippen LogP contribution < -0.4 is 11.1 Å². The molecule has 0 saturated carbocycles. The minimum atomic E-state index is 0.0536. The Morgan fingerprint density at radius 3 is 2.75 bits per heavy atom. The Labute approximate surface area is 128 Å². The molecule has 1 heterocycles. The Hall–Kier alpha value is -1.39. The summed E-state index contributed by atoms with van der Waals surface area (Å²) in [7, 11) is 0. The van der Waals surface area contributed by atoms with Gasteiger partial charge in [0.15, 0.2) is 0 Å². The van der Waals surface area contributed by atoms with Crippen molar-refractivity contribution in [1.29, 1.82) is 0 Å². The van der Waals surface area contributed by atoms with Crippen molar-refractivity contribution in [3.8, 4) is 0 Å². The first-order valence-corrected chi connectivity index (χ1v) is 7.62. The van der Waals surface area contributed by atoms with Crippen molar-refractivity contribution in [3.63, 3.8) is 0 Å². The smallest absolute Gasteiger partial charge is 0.128 e. The molecule has 0 aliphatic rings. The number of rotatable bonds is 5. The third-order valence-corrected chi connectivity index (χ3v) is 3.93. The van der Waals surface area contributed by atoms with Crippen molar-refractivity contribution in [1.82, 2.24) is 10.3 Å². The number of halogens is 1. The van der Waals surface area contributed by atoms with Gasteiger partial charge in [0.1, 0.15) is 5.82 Å². The van der Waals surface area contributed by atoms with E-state index in [4.69, 9.17) is 5.73 Å². The number of aryl methyl sites for hydroxylation is 1. The molecule has 0 fully saturated rings. The molecule has 2 rings (SSSR count). The van der Waals surface area contributed by atoms with Gasteiger partial charge in [-0.15, -0.1) is 0 Å². The minimum absolute atomic E-state index is 0.0536. The first-order chi connectivity index (χ1) is 9.63. The number of nitrogens with two attached hydrogens (primary N) is 1. The molecule has 0 aliphatic carbocycles. The SMILES string of the molecule is CCCNC(c1ccccc1Br)c1cc(C)cnc1N. The van der Waals surface area contributed by atoms with Crippen LogP contribution in [0, 0.1) is 6.92 Å². The van der Waals surface area contributed by atoms with Gasteiger partial charge in [-0.05, 0) is 43.1 Å². The summed E-state index contributed by atoms with van der Waals surface area (Å²) < 4.78 is 1.08. The van der Waals surface area contributed by atoms with Crippen LogP contribution in [0.3, 0.4) is 0 Å². The van der Waals surface area contributed by atoms with E-state index in [0.717, 1.165) is 28.6 Å². The molecule has 0 spiro atoms. The zero-order chi connectivity index (χ0) is 14.5. The number of nitrogen functional groups attached to an aromatic ring is 1. The largest absolute Gasteiger partial charge is 0.383 e. The standard InChI is InChI=1S/C16H20BrN3/c1-3-8-19-15(12-6-4-5-7-14(12)17)13-9-11(2)10-20-16(13)18/h4-7,9-10,15,19H,3,8H2,1-2H3,(H2,18,20). The Morgan fingerprint density at radius 2 is 2.05 bits per heavy atom. The molecule has 0 saturated heterocycles. The molecule has 2 aromatic rings. The first kappa shape index (κ1) is 15.0. The molecule has 3 N–H and O–H groups in total. The van der Waals surface area contributed by atoms with Crippen LogP contribution in [0.15, 0.2) is 41.0 Å². The van der Waals surface area contributed by atoms with Crippen LogP contribution in [0.4, 0.5) is 5.82 Å². The van der Waals surface area contributed by atoms with E-state index < -0.39 is 0 Å². The lowest BCUT2D eigenvalue weighted by Gasteiger charge is -2.22. The fourth-order valence-electron chi connectivity index (χ4n) is 2.22. The van der Waals surface area contributed by atoms with E-state index in [0.29, 0.717) is 5.82 Å². The molecule has 1 atom stereocenters. The van der Waals surface area contributed by atoms with Crippen molar-refractivity contribution in [2.24, 2.45) is 0 Å². The van der Waals surface area contributed by atoms with Gasteiger partial charge in [0.25, 0.3) is 0 Å². The van der Waals surface area contributed by atoms with Crippen molar-refractivity contribution in [2.45, 2.75) is 26.3 Å². The Balaban J connectivity index is 2.47. The topological polar surface area (TPSA) is 50.9 Å². The van der Waals surface area contributed by atoms with Gasteiger partial charge in [-0.2, -0.15) is 0 Å². The summed E-state index contributed by atoms with van der Waals surface area (Å²) in [5.41, 5.74) is 9.41. The molecule has 1 aromatic heterocycles. The maximum Gasteiger partial charge on any atom is 0.128 e. The first-order valence-electron chi connectivity index (χ1n) is 6.83. The maximum absolute atomic E-state index is 6.08. The van der Waals surface area contributed by atoms with Crippen molar-refractivity contribution < 1.29 is 0 Å². The summed E-state index contributed by atoms with van der Waals surface area (Å²) >= 11 is 3.63. The number of anilines is 1. The highest BCUT2D eigenvalue weighted by molar-refractivity contribution is 9.10. The van der Waals surface area contributed by atoms with Crippen molar-refractivity contribution in [3.05, 3.63) is 57.7 Å². The second kappa shape index (κ2) is 6.86. The molecule has 20 heavy (non-hydrogen) atoms. The van der Waals surface area contributed by atoms with Gasteiger partial charge in [0.2, 0.25) is 0 Å². The Kier molecular flexibility index (Phi) is 5.15. The zero-order valence-electron chi connectivity index (χ0n) is 11.9. The lowest BCUT2D eigenvalue weighted by molar-refractivity contribution is 0.596. The molecular formula is C16H20BrN3. The second-order valence-corrected chi connectivity index (χ2v) is 5.75. The summed E-state index contributed by atoms with van der Waals surface area (Å²) in [4.78, 5) is 4.29. The monoisotopic (exact) mass is 333 g/mol. The lowest BCUT2D eigenvalue weighted by atomic mass is 9.98. The quantitative estimate of drug-likeness (QED) is 0.874. The van der Waals surface area contributed by atoms with Crippen molar-refractivity contribution in [2.75, 3.05) is 12.3 Å². The van der Waals surface area contributed by atoms with Gasteiger partial charge in [0.05, 0.1) is 6.04 Å². The minimum Gasteiger partial charge on any atom is -0.383 e. The molecule has 4 heteroatoms. The van der Waals surface area contributed by atoms with E-state index in [1.165, 1.54) is 5.56 Å². The Bertz CT molecular complexity index is 584. The van der Waals surface area contributed by atoms with Crippen LogP contribution in [-0.4, -0.2) is 11.5 Å². The molecule has 106 valence electrons. The van der Waals surface area contributed by atoms with Gasteiger partial charge < -0.3 is 11.1 Å². The third kappa shape index (κ3) is 3.38. The summed E-state index contributed by atoms with van der Waals surface area (Å²) in [5.74, 6) is 0.583. The normalized spacial score (nSPS) is 12.3. The van der Waals surface area contributed by atoms with E-state index >= 15 is 0 Å². The van der Waals surface area contributed by atoms with Crippen LogP contribution in [0.1, 0.15) is 36.1 Å². The van der Waals surface area contributed by atoms with Gasteiger partial charge >= 0.3 is 0 Å². The fraction of sp³-hybridized carbons (Fsp3) is 0.312. The van der Waals surface area contributed by atoms with Gasteiger partial charge in [-0.1, -0.05) is 41.1 Å². The lowest BCUT2D eigenvalue weighted by Crippen LogP contribution is -2.25. The molecule has 1 unspecified atom stereocenters. The molecule has 0 bridgehead atoms. The van der Waals surface area contributed by atoms with Gasteiger partial charge in [-0.3, -0.25) is 0 Å². The maximum atomic E-state index is 6.08. The average molecular weight is 334 g/mol. The van der Waals surface area contributed by atoms with Crippen LogP contribution in [-0.2, 0) is 0 Å². The highest BCUT2D eigenvalue weighted by Crippen LogP contribution is 2.31. The summed E-state index contributed by atoms with van der Waals surface area (Å²) in [6.07, 6.45) is 2.87. The van der Waals surface area contributed by atoms with E-state index in [2.05, 4.69) is 51.4 Å². The van der Waals surface area contributed by atoms with Crippen LogP contribution in [0.5, 0.6) is 0 Å². The number of hydrogen-bond acceptors (Lipinski definition) is 3. The van der Waals surface area contributed by atoms with E-state index in [9.17, 15) is 0 Å². The van der Waals surface area contributed by atoms with Gasteiger partial charge in [0, 0.05) is 16.2 Å². The van der Waals surface area contributed by atoms with Crippen LogP contribution in [0.25, 0.3) is 0 Å².